The quantitative estimate of drug-likeness (QED) is 0.538. The fourth-order valence-corrected chi connectivity index (χ4v) is 2.00. The van der Waals surface area contributed by atoms with Crippen LogP contribution < -0.4 is 5.32 Å². The van der Waals surface area contributed by atoms with Gasteiger partial charge in [0.05, 0.1) is 18.4 Å². The summed E-state index contributed by atoms with van der Waals surface area (Å²) >= 11 is 1.24. The molecule has 0 spiro atoms. The standard InChI is InChI=1S/C9H16N2O3S/c1-10-3-2-7(13)8(14)9-11-6(4-12)5-15-9/h5,7-8,10,12-14H,2-4H2,1H3. The van der Waals surface area contributed by atoms with E-state index in [4.69, 9.17) is 5.11 Å². The lowest BCUT2D eigenvalue weighted by molar-refractivity contribution is 0.0137. The summed E-state index contributed by atoms with van der Waals surface area (Å²) < 4.78 is 0. The minimum absolute atomic E-state index is 0.143. The molecule has 1 heterocycles. The predicted molar refractivity (Wildman–Crippen MR) is 57.5 cm³/mol. The van der Waals surface area contributed by atoms with Crippen molar-refractivity contribution < 1.29 is 15.3 Å². The van der Waals surface area contributed by atoms with Crippen LogP contribution in [0.3, 0.4) is 0 Å². The van der Waals surface area contributed by atoms with Crippen molar-refractivity contribution in [1.82, 2.24) is 10.3 Å². The van der Waals surface area contributed by atoms with Crippen molar-refractivity contribution in [2.75, 3.05) is 13.6 Å². The van der Waals surface area contributed by atoms with E-state index in [1.54, 1.807) is 12.4 Å². The Morgan fingerprint density at radius 1 is 1.53 bits per heavy atom. The molecule has 0 fully saturated rings. The molecule has 15 heavy (non-hydrogen) atoms. The Kier molecular flexibility index (Phi) is 5.13. The van der Waals surface area contributed by atoms with Gasteiger partial charge in [0, 0.05) is 5.38 Å². The zero-order valence-corrected chi connectivity index (χ0v) is 9.37. The molecule has 6 heteroatoms. The van der Waals surface area contributed by atoms with Gasteiger partial charge >= 0.3 is 0 Å². The van der Waals surface area contributed by atoms with E-state index in [1.807, 2.05) is 0 Å². The minimum Gasteiger partial charge on any atom is -0.390 e. The van der Waals surface area contributed by atoms with Crippen molar-refractivity contribution in [2.24, 2.45) is 0 Å². The molecule has 0 aliphatic rings. The van der Waals surface area contributed by atoms with Crippen LogP contribution in [0.1, 0.15) is 23.2 Å². The van der Waals surface area contributed by atoms with Crippen LogP contribution in [0.4, 0.5) is 0 Å². The highest BCUT2D eigenvalue weighted by molar-refractivity contribution is 7.09. The van der Waals surface area contributed by atoms with Crippen LogP contribution in [0.5, 0.6) is 0 Å². The van der Waals surface area contributed by atoms with Gasteiger partial charge < -0.3 is 20.6 Å². The Balaban J connectivity index is 2.54. The maximum atomic E-state index is 9.71. The number of hydrogen-bond donors (Lipinski definition) is 4. The fraction of sp³-hybridized carbons (Fsp3) is 0.667. The largest absolute Gasteiger partial charge is 0.390 e. The zero-order chi connectivity index (χ0) is 11.3. The fourth-order valence-electron chi connectivity index (χ4n) is 1.15. The molecule has 0 aliphatic heterocycles. The van der Waals surface area contributed by atoms with E-state index in [2.05, 4.69) is 10.3 Å². The Morgan fingerprint density at radius 3 is 2.80 bits per heavy atom. The molecule has 2 atom stereocenters. The second-order valence-electron chi connectivity index (χ2n) is 3.24. The maximum Gasteiger partial charge on any atom is 0.131 e. The molecule has 5 nitrogen and oxygen atoms in total. The molecule has 0 amide bonds. The summed E-state index contributed by atoms with van der Waals surface area (Å²) in [7, 11) is 1.78. The van der Waals surface area contributed by atoms with Gasteiger partial charge in [-0.05, 0) is 20.0 Å². The Morgan fingerprint density at radius 2 is 2.27 bits per heavy atom. The number of nitrogens with zero attached hydrogens (tertiary/aromatic N) is 1. The first-order valence-electron chi connectivity index (χ1n) is 4.75. The molecule has 0 saturated heterocycles. The highest BCUT2D eigenvalue weighted by Gasteiger charge is 2.20. The van der Waals surface area contributed by atoms with Gasteiger partial charge in [-0.1, -0.05) is 0 Å². The van der Waals surface area contributed by atoms with Crippen molar-refractivity contribution in [1.29, 1.82) is 0 Å². The minimum atomic E-state index is -0.969. The number of nitrogens with one attached hydrogen (secondary N) is 1. The van der Waals surface area contributed by atoms with Crippen LogP contribution in [-0.4, -0.2) is 40.0 Å². The zero-order valence-electron chi connectivity index (χ0n) is 8.55. The molecule has 1 aromatic rings. The maximum absolute atomic E-state index is 9.71. The summed E-state index contributed by atoms with van der Waals surface area (Å²) in [6, 6.07) is 0. The lowest BCUT2D eigenvalue weighted by atomic mass is 10.1. The summed E-state index contributed by atoms with van der Waals surface area (Å²) in [6.07, 6.45) is -1.33. The number of aliphatic hydroxyl groups is 3. The van der Waals surface area contributed by atoms with Gasteiger partial charge in [0.25, 0.3) is 0 Å². The van der Waals surface area contributed by atoms with Crippen molar-refractivity contribution in [2.45, 2.75) is 25.2 Å². The van der Waals surface area contributed by atoms with Crippen LogP contribution in [0.15, 0.2) is 5.38 Å². The third-order valence-corrected chi connectivity index (χ3v) is 3.00. The number of hydrogen-bond acceptors (Lipinski definition) is 6. The monoisotopic (exact) mass is 232 g/mol. The van der Waals surface area contributed by atoms with Crippen LogP contribution >= 0.6 is 11.3 Å². The lowest BCUT2D eigenvalue weighted by Gasteiger charge is -2.15. The van der Waals surface area contributed by atoms with E-state index in [-0.39, 0.29) is 6.61 Å². The van der Waals surface area contributed by atoms with E-state index in [0.29, 0.717) is 23.7 Å². The summed E-state index contributed by atoms with van der Waals surface area (Å²) in [6.45, 7) is 0.492. The summed E-state index contributed by atoms with van der Waals surface area (Å²) in [5, 5.41) is 33.1. The van der Waals surface area contributed by atoms with Gasteiger partial charge in [0.15, 0.2) is 0 Å². The molecule has 86 valence electrons. The third-order valence-electron chi connectivity index (χ3n) is 2.04. The van der Waals surface area contributed by atoms with Gasteiger partial charge in [-0.2, -0.15) is 0 Å². The first-order chi connectivity index (χ1) is 7.19. The molecule has 2 unspecified atom stereocenters. The van der Waals surface area contributed by atoms with Crippen molar-refractivity contribution in [3.63, 3.8) is 0 Å². The molecule has 0 bridgehead atoms. The van der Waals surface area contributed by atoms with Crippen molar-refractivity contribution >= 4 is 11.3 Å². The molecule has 1 aromatic heterocycles. The van der Waals surface area contributed by atoms with E-state index in [0.717, 1.165) is 0 Å². The SMILES string of the molecule is CNCCC(O)C(O)c1nc(CO)cs1. The van der Waals surface area contributed by atoms with Gasteiger partial charge in [-0.3, -0.25) is 0 Å². The number of aromatic nitrogens is 1. The van der Waals surface area contributed by atoms with Crippen LogP contribution in [0.2, 0.25) is 0 Å². The summed E-state index contributed by atoms with van der Waals surface area (Å²) in [5.74, 6) is 0. The van der Waals surface area contributed by atoms with Crippen molar-refractivity contribution in [3.8, 4) is 0 Å². The predicted octanol–water partition coefficient (Wildman–Crippen LogP) is -0.361. The van der Waals surface area contributed by atoms with Gasteiger partial charge in [-0.15, -0.1) is 11.3 Å². The second-order valence-corrected chi connectivity index (χ2v) is 4.13. The Hall–Kier alpha value is -0.530. The molecule has 0 aliphatic carbocycles. The molecule has 1 rings (SSSR count). The smallest absolute Gasteiger partial charge is 0.131 e. The molecule has 0 saturated carbocycles. The molecule has 0 radical (unpaired) electrons. The molecular weight excluding hydrogens is 216 g/mol. The lowest BCUT2D eigenvalue weighted by Crippen LogP contribution is -2.23. The Labute approximate surface area is 92.4 Å². The normalized spacial score (nSPS) is 15.2. The first kappa shape index (κ1) is 12.5. The van der Waals surface area contributed by atoms with Crippen LogP contribution in [0.25, 0.3) is 0 Å². The number of rotatable bonds is 6. The van der Waals surface area contributed by atoms with Gasteiger partial charge in [0.2, 0.25) is 0 Å². The molecular formula is C9H16N2O3S. The van der Waals surface area contributed by atoms with Gasteiger partial charge in [-0.25, -0.2) is 4.98 Å². The number of thiazole rings is 1. The van der Waals surface area contributed by atoms with E-state index >= 15 is 0 Å². The topological polar surface area (TPSA) is 85.6 Å². The summed E-state index contributed by atoms with van der Waals surface area (Å²) in [5.41, 5.74) is 0.523. The third kappa shape index (κ3) is 3.51. The van der Waals surface area contributed by atoms with Gasteiger partial charge in [0.1, 0.15) is 11.1 Å². The average Bonchev–Trinajstić information content (AvgIpc) is 2.73. The van der Waals surface area contributed by atoms with E-state index in [1.165, 1.54) is 11.3 Å². The molecule has 0 aromatic carbocycles. The summed E-state index contributed by atoms with van der Waals surface area (Å²) in [4.78, 5) is 4.00. The van der Waals surface area contributed by atoms with E-state index in [9.17, 15) is 10.2 Å². The van der Waals surface area contributed by atoms with Crippen molar-refractivity contribution in [3.05, 3.63) is 16.1 Å². The number of aliphatic hydroxyl groups excluding tert-OH is 3. The van der Waals surface area contributed by atoms with E-state index < -0.39 is 12.2 Å². The average molecular weight is 232 g/mol. The first-order valence-corrected chi connectivity index (χ1v) is 5.63. The second kappa shape index (κ2) is 6.14. The van der Waals surface area contributed by atoms with Crippen LogP contribution in [-0.2, 0) is 6.61 Å². The van der Waals surface area contributed by atoms with Crippen LogP contribution in [0, 0.1) is 0 Å². The molecule has 4 N–H and O–H groups in total. The Bertz CT molecular complexity index is 293. The highest BCUT2D eigenvalue weighted by atomic mass is 32.1. The highest BCUT2D eigenvalue weighted by Crippen LogP contribution is 2.22.